The van der Waals surface area contributed by atoms with Gasteiger partial charge in [-0.1, -0.05) is 41.4 Å². The van der Waals surface area contributed by atoms with Crippen molar-refractivity contribution in [3.8, 4) is 5.75 Å². The summed E-state index contributed by atoms with van der Waals surface area (Å²) in [6.07, 6.45) is 0. The standard InChI is InChI=1S/C26H23ClN2O3S/c1-17-6-8-19(9-7-17)24(30)29-12-13-33-26(29)22-15-20(27)10-11-23(22)28(25(26)31)16-18-4-3-5-21(14-18)32-2/h3-11,14-15H,12-13,16H2,1-2H3/t26-/m0/s1. The topological polar surface area (TPSA) is 49.9 Å². The van der Waals surface area contributed by atoms with E-state index in [1.165, 1.54) is 11.8 Å². The third-order valence-corrected chi connectivity index (χ3v) is 7.83. The molecule has 33 heavy (non-hydrogen) atoms. The molecule has 0 unspecified atom stereocenters. The number of carbonyl (C=O) groups is 2. The number of aryl methyl sites for hydroxylation is 1. The molecule has 2 aliphatic heterocycles. The van der Waals surface area contributed by atoms with Gasteiger partial charge in [0.2, 0.25) is 0 Å². The lowest BCUT2D eigenvalue weighted by Crippen LogP contribution is -2.50. The van der Waals surface area contributed by atoms with Crippen LogP contribution in [0.4, 0.5) is 5.69 Å². The summed E-state index contributed by atoms with van der Waals surface area (Å²) in [6, 6.07) is 20.6. The molecule has 0 radical (unpaired) electrons. The van der Waals surface area contributed by atoms with E-state index in [2.05, 4.69) is 0 Å². The van der Waals surface area contributed by atoms with Gasteiger partial charge in [-0.25, -0.2) is 0 Å². The highest BCUT2D eigenvalue weighted by Crippen LogP contribution is 2.55. The van der Waals surface area contributed by atoms with E-state index in [4.69, 9.17) is 16.3 Å². The molecule has 0 bridgehead atoms. The van der Waals surface area contributed by atoms with E-state index in [9.17, 15) is 9.59 Å². The van der Waals surface area contributed by atoms with Crippen molar-refractivity contribution in [3.63, 3.8) is 0 Å². The van der Waals surface area contributed by atoms with Crippen LogP contribution in [0.15, 0.2) is 66.7 Å². The Morgan fingerprint density at radius 2 is 1.91 bits per heavy atom. The monoisotopic (exact) mass is 478 g/mol. The molecule has 5 nitrogen and oxygen atoms in total. The fourth-order valence-corrected chi connectivity index (χ4v) is 6.17. The van der Waals surface area contributed by atoms with Gasteiger partial charge >= 0.3 is 0 Å². The number of ether oxygens (including phenoxy) is 1. The quantitative estimate of drug-likeness (QED) is 0.514. The molecule has 3 aromatic carbocycles. The van der Waals surface area contributed by atoms with Gasteiger partial charge in [0, 0.05) is 28.4 Å². The van der Waals surface area contributed by atoms with E-state index in [1.807, 2.05) is 67.6 Å². The third-order valence-electron chi connectivity index (χ3n) is 6.17. The van der Waals surface area contributed by atoms with Crippen molar-refractivity contribution >= 4 is 40.9 Å². The lowest BCUT2D eigenvalue weighted by atomic mass is 10.0. The van der Waals surface area contributed by atoms with Gasteiger partial charge < -0.3 is 14.5 Å². The van der Waals surface area contributed by atoms with Crippen molar-refractivity contribution in [2.75, 3.05) is 24.3 Å². The van der Waals surface area contributed by atoms with Gasteiger partial charge in [-0.2, -0.15) is 0 Å². The van der Waals surface area contributed by atoms with Crippen molar-refractivity contribution in [1.29, 1.82) is 0 Å². The van der Waals surface area contributed by atoms with E-state index >= 15 is 0 Å². The number of fused-ring (bicyclic) bond motifs is 2. The number of anilines is 1. The van der Waals surface area contributed by atoms with Crippen LogP contribution in [-0.2, 0) is 16.2 Å². The van der Waals surface area contributed by atoms with E-state index in [0.29, 0.717) is 29.4 Å². The zero-order valence-electron chi connectivity index (χ0n) is 18.4. The fraction of sp³-hybridized carbons (Fsp3) is 0.231. The second-order valence-corrected chi connectivity index (χ2v) is 9.94. The van der Waals surface area contributed by atoms with Gasteiger partial charge in [-0.05, 0) is 55.0 Å². The number of hydrogen-bond acceptors (Lipinski definition) is 4. The summed E-state index contributed by atoms with van der Waals surface area (Å²) < 4.78 is 5.35. The maximum absolute atomic E-state index is 14.1. The first-order valence-electron chi connectivity index (χ1n) is 10.7. The second-order valence-electron chi connectivity index (χ2n) is 8.22. The maximum Gasteiger partial charge on any atom is 0.268 e. The van der Waals surface area contributed by atoms with Crippen LogP contribution in [0.25, 0.3) is 0 Å². The molecule has 0 saturated carbocycles. The first kappa shape index (κ1) is 21.9. The van der Waals surface area contributed by atoms with Crippen LogP contribution in [0.2, 0.25) is 5.02 Å². The van der Waals surface area contributed by atoms with Crippen LogP contribution < -0.4 is 9.64 Å². The molecular formula is C26H23ClN2O3S. The van der Waals surface area contributed by atoms with E-state index in [1.54, 1.807) is 23.0 Å². The Balaban J connectivity index is 1.58. The van der Waals surface area contributed by atoms with Crippen LogP contribution in [0, 0.1) is 6.92 Å². The predicted octanol–water partition coefficient (Wildman–Crippen LogP) is 5.25. The zero-order chi connectivity index (χ0) is 23.2. The van der Waals surface area contributed by atoms with Crippen molar-refractivity contribution < 1.29 is 14.3 Å². The molecular weight excluding hydrogens is 456 g/mol. The van der Waals surface area contributed by atoms with Gasteiger partial charge in [0.15, 0.2) is 4.87 Å². The molecule has 2 amide bonds. The average Bonchev–Trinajstić information content (AvgIpc) is 3.36. The number of halogens is 1. The SMILES string of the molecule is COc1cccc(CN2C(=O)[C@@]3(SCCN3C(=O)c3ccc(C)cc3)c3cc(Cl)ccc32)c1. The zero-order valence-corrected chi connectivity index (χ0v) is 19.9. The molecule has 7 heteroatoms. The molecule has 5 rings (SSSR count). The van der Waals surface area contributed by atoms with Gasteiger partial charge in [-0.15, -0.1) is 11.8 Å². The number of hydrogen-bond donors (Lipinski definition) is 0. The molecule has 1 spiro atoms. The summed E-state index contributed by atoms with van der Waals surface area (Å²) in [6.45, 7) is 2.85. The minimum atomic E-state index is -1.12. The Labute approximate surface area is 202 Å². The highest BCUT2D eigenvalue weighted by Gasteiger charge is 2.59. The normalized spacial score (nSPS) is 19.3. The fourth-order valence-electron chi connectivity index (χ4n) is 4.55. The highest BCUT2D eigenvalue weighted by atomic mass is 35.5. The van der Waals surface area contributed by atoms with Gasteiger partial charge in [0.25, 0.3) is 11.8 Å². The highest BCUT2D eigenvalue weighted by molar-refractivity contribution is 8.01. The van der Waals surface area contributed by atoms with Crippen molar-refractivity contribution in [1.82, 2.24) is 4.90 Å². The van der Waals surface area contributed by atoms with Gasteiger partial charge in [0.05, 0.1) is 19.3 Å². The number of benzene rings is 3. The predicted molar refractivity (Wildman–Crippen MR) is 132 cm³/mol. The number of carbonyl (C=O) groups excluding carboxylic acids is 2. The van der Waals surface area contributed by atoms with Crippen LogP contribution >= 0.6 is 23.4 Å². The van der Waals surface area contributed by atoms with Crippen LogP contribution in [0.5, 0.6) is 5.75 Å². The molecule has 2 aliphatic rings. The minimum Gasteiger partial charge on any atom is -0.497 e. The molecule has 1 saturated heterocycles. The number of rotatable bonds is 4. The van der Waals surface area contributed by atoms with E-state index in [-0.39, 0.29) is 11.8 Å². The summed E-state index contributed by atoms with van der Waals surface area (Å²) in [5.41, 5.74) is 4.15. The molecule has 0 N–H and O–H groups in total. The van der Waals surface area contributed by atoms with Crippen LogP contribution in [0.3, 0.4) is 0 Å². The van der Waals surface area contributed by atoms with Crippen LogP contribution in [-0.4, -0.2) is 36.1 Å². The smallest absolute Gasteiger partial charge is 0.268 e. The van der Waals surface area contributed by atoms with E-state index in [0.717, 1.165) is 28.1 Å². The first-order chi connectivity index (χ1) is 15.9. The molecule has 168 valence electrons. The first-order valence-corrected chi connectivity index (χ1v) is 12.1. The lowest BCUT2D eigenvalue weighted by Gasteiger charge is -2.33. The summed E-state index contributed by atoms with van der Waals surface area (Å²) >= 11 is 7.88. The largest absolute Gasteiger partial charge is 0.497 e. The summed E-state index contributed by atoms with van der Waals surface area (Å²) in [5.74, 6) is 1.13. The Bertz CT molecular complexity index is 1250. The number of methoxy groups -OCH3 is 1. The minimum absolute atomic E-state index is 0.120. The molecule has 2 heterocycles. The van der Waals surface area contributed by atoms with Gasteiger partial charge in [0.1, 0.15) is 5.75 Å². The number of nitrogens with zero attached hydrogens (tertiary/aromatic N) is 2. The average molecular weight is 479 g/mol. The van der Waals surface area contributed by atoms with Crippen molar-refractivity contribution in [2.24, 2.45) is 0 Å². The molecule has 1 atom stereocenters. The molecule has 3 aromatic rings. The lowest BCUT2D eigenvalue weighted by molar-refractivity contribution is -0.123. The summed E-state index contributed by atoms with van der Waals surface area (Å²) in [7, 11) is 1.62. The Morgan fingerprint density at radius 3 is 2.67 bits per heavy atom. The molecule has 1 fully saturated rings. The molecule has 0 aliphatic carbocycles. The van der Waals surface area contributed by atoms with Crippen molar-refractivity contribution in [3.05, 3.63) is 94.0 Å². The van der Waals surface area contributed by atoms with Crippen molar-refractivity contribution in [2.45, 2.75) is 18.3 Å². The van der Waals surface area contributed by atoms with Gasteiger partial charge in [-0.3, -0.25) is 9.59 Å². The second kappa shape index (κ2) is 8.43. The Morgan fingerprint density at radius 1 is 1.12 bits per heavy atom. The third kappa shape index (κ3) is 3.58. The maximum atomic E-state index is 14.1. The Kier molecular flexibility index (Phi) is 5.59. The van der Waals surface area contributed by atoms with E-state index < -0.39 is 4.87 Å². The summed E-state index contributed by atoms with van der Waals surface area (Å²) in [4.78, 5) is 30.0. The molecule has 0 aromatic heterocycles. The summed E-state index contributed by atoms with van der Waals surface area (Å²) in [5, 5.41) is 0.541. The number of amides is 2. The Hall–Kier alpha value is -2.96. The number of thioether (sulfide) groups is 1. The van der Waals surface area contributed by atoms with Crippen LogP contribution in [0.1, 0.15) is 27.0 Å².